The van der Waals surface area contributed by atoms with Gasteiger partial charge in [-0.25, -0.2) is 4.79 Å². The van der Waals surface area contributed by atoms with Crippen LogP contribution in [0, 0.1) is 0 Å². The lowest BCUT2D eigenvalue weighted by atomic mass is 9.86. The maximum Gasteiger partial charge on any atom is 0.319 e. The number of para-hydroxylation sites is 1. The van der Waals surface area contributed by atoms with Crippen LogP contribution in [0.2, 0.25) is 0 Å². The number of carbonyl (C=O) groups excluding carboxylic acids is 1. The molecular weight excluding hydrogens is 280 g/mol. The Morgan fingerprint density at radius 1 is 1.10 bits per heavy atom. The minimum Gasteiger partial charge on any atom is -0.337 e. The van der Waals surface area contributed by atoms with Crippen LogP contribution in [0.5, 0.6) is 0 Å². The fourth-order valence-electron chi connectivity index (χ4n) is 1.93. The van der Waals surface area contributed by atoms with Gasteiger partial charge in [0, 0.05) is 22.7 Å². The van der Waals surface area contributed by atoms with E-state index in [2.05, 4.69) is 58.2 Å². The summed E-state index contributed by atoms with van der Waals surface area (Å²) in [6.45, 7) is 13.6. The number of benzene rings is 1. The monoisotopic (exact) mass is 308 g/mol. The maximum absolute atomic E-state index is 12.0. The minimum absolute atomic E-state index is 0.00591. The van der Waals surface area contributed by atoms with E-state index in [1.165, 1.54) is 0 Å². The lowest BCUT2D eigenvalue weighted by molar-refractivity contribution is 0.252. The summed E-state index contributed by atoms with van der Waals surface area (Å²) >= 11 is 1.85. The number of thioether (sulfide) groups is 1. The van der Waals surface area contributed by atoms with E-state index in [0.717, 1.165) is 17.0 Å². The summed E-state index contributed by atoms with van der Waals surface area (Å²) in [5, 5.41) is 5.87. The van der Waals surface area contributed by atoms with E-state index >= 15 is 0 Å². The van der Waals surface area contributed by atoms with Gasteiger partial charge in [-0.3, -0.25) is 0 Å². The maximum atomic E-state index is 12.0. The third-order valence-electron chi connectivity index (χ3n) is 2.91. The van der Waals surface area contributed by atoms with Gasteiger partial charge in [-0.2, -0.15) is 11.8 Å². The van der Waals surface area contributed by atoms with Gasteiger partial charge in [0.2, 0.25) is 0 Å². The van der Waals surface area contributed by atoms with Gasteiger partial charge in [-0.15, -0.1) is 0 Å². The van der Waals surface area contributed by atoms with Crippen LogP contribution in [0.3, 0.4) is 0 Å². The molecule has 2 amide bonds. The predicted octanol–water partition coefficient (Wildman–Crippen LogP) is 4.64. The Morgan fingerprint density at radius 3 is 2.29 bits per heavy atom. The molecule has 2 N–H and O–H groups in total. The largest absolute Gasteiger partial charge is 0.337 e. The molecule has 0 saturated carbocycles. The SMILES string of the molecule is CC(C)(C)SCCNC(=O)Nc1ccccc1C(C)(C)C. The molecule has 0 heterocycles. The molecule has 0 unspecified atom stereocenters. The Bertz CT molecular complexity index is 472. The fourth-order valence-corrected chi connectivity index (χ4v) is 2.75. The van der Waals surface area contributed by atoms with Crippen LogP contribution in [-0.4, -0.2) is 23.1 Å². The smallest absolute Gasteiger partial charge is 0.319 e. The second kappa shape index (κ2) is 7.21. The number of carbonyl (C=O) groups is 1. The van der Waals surface area contributed by atoms with E-state index in [0.29, 0.717) is 6.54 Å². The lowest BCUT2D eigenvalue weighted by Gasteiger charge is -2.23. The highest BCUT2D eigenvalue weighted by Gasteiger charge is 2.18. The average Bonchev–Trinajstić information content (AvgIpc) is 2.33. The van der Waals surface area contributed by atoms with Gasteiger partial charge in [0.1, 0.15) is 0 Å². The van der Waals surface area contributed by atoms with Crippen molar-refractivity contribution in [2.75, 3.05) is 17.6 Å². The van der Waals surface area contributed by atoms with E-state index in [-0.39, 0.29) is 16.2 Å². The van der Waals surface area contributed by atoms with E-state index < -0.39 is 0 Å². The number of hydrogen-bond acceptors (Lipinski definition) is 2. The third-order valence-corrected chi connectivity index (χ3v) is 4.18. The molecule has 0 spiro atoms. The van der Waals surface area contributed by atoms with Crippen LogP contribution in [-0.2, 0) is 5.41 Å². The Morgan fingerprint density at radius 2 is 1.71 bits per heavy atom. The summed E-state index contributed by atoms with van der Waals surface area (Å²) in [6, 6.07) is 7.82. The summed E-state index contributed by atoms with van der Waals surface area (Å²) in [7, 11) is 0. The summed E-state index contributed by atoms with van der Waals surface area (Å²) in [4.78, 5) is 12.0. The first-order valence-electron chi connectivity index (χ1n) is 7.38. The molecule has 1 rings (SSSR count). The summed E-state index contributed by atoms with van der Waals surface area (Å²) in [6.07, 6.45) is 0. The average molecular weight is 308 g/mol. The highest BCUT2D eigenvalue weighted by Crippen LogP contribution is 2.29. The van der Waals surface area contributed by atoms with Crippen LogP contribution >= 0.6 is 11.8 Å². The molecule has 1 aromatic carbocycles. The molecule has 0 bridgehead atoms. The van der Waals surface area contributed by atoms with Gasteiger partial charge in [-0.05, 0) is 17.0 Å². The van der Waals surface area contributed by atoms with Crippen molar-refractivity contribution in [1.82, 2.24) is 5.32 Å². The van der Waals surface area contributed by atoms with Crippen molar-refractivity contribution in [3.05, 3.63) is 29.8 Å². The molecule has 0 atom stereocenters. The van der Waals surface area contributed by atoms with Gasteiger partial charge >= 0.3 is 6.03 Å². The summed E-state index contributed by atoms with van der Waals surface area (Å²) in [5.41, 5.74) is 2.03. The van der Waals surface area contributed by atoms with Crippen LogP contribution in [0.15, 0.2) is 24.3 Å². The predicted molar refractivity (Wildman–Crippen MR) is 94.4 cm³/mol. The second-order valence-electron chi connectivity index (χ2n) is 7.14. The molecule has 0 aromatic heterocycles. The van der Waals surface area contributed by atoms with E-state index in [9.17, 15) is 4.79 Å². The normalized spacial score (nSPS) is 12.1. The standard InChI is InChI=1S/C17H28N2OS/c1-16(2,3)13-9-7-8-10-14(13)19-15(20)18-11-12-21-17(4,5)6/h7-10H,11-12H2,1-6H3,(H2,18,19,20). The van der Waals surface area contributed by atoms with Crippen molar-refractivity contribution in [3.63, 3.8) is 0 Å². The molecule has 0 aliphatic carbocycles. The molecule has 1 aromatic rings. The number of anilines is 1. The molecule has 118 valence electrons. The quantitative estimate of drug-likeness (QED) is 0.796. The van der Waals surface area contributed by atoms with Crippen molar-refractivity contribution in [1.29, 1.82) is 0 Å². The first-order valence-corrected chi connectivity index (χ1v) is 8.36. The highest BCUT2D eigenvalue weighted by molar-refractivity contribution is 8.00. The highest BCUT2D eigenvalue weighted by atomic mass is 32.2. The Hall–Kier alpha value is -1.16. The Labute approximate surface area is 133 Å². The Balaban J connectivity index is 2.53. The van der Waals surface area contributed by atoms with Crippen molar-refractivity contribution >= 4 is 23.5 Å². The first kappa shape index (κ1) is 17.9. The van der Waals surface area contributed by atoms with Crippen LogP contribution in [0.1, 0.15) is 47.1 Å². The van der Waals surface area contributed by atoms with Crippen molar-refractivity contribution in [3.8, 4) is 0 Å². The first-order chi connectivity index (χ1) is 9.59. The number of amides is 2. The molecular formula is C17H28N2OS. The summed E-state index contributed by atoms with van der Waals surface area (Å²) in [5.74, 6) is 0.915. The van der Waals surface area contributed by atoms with Crippen LogP contribution < -0.4 is 10.6 Å². The molecule has 4 heteroatoms. The van der Waals surface area contributed by atoms with Gasteiger partial charge < -0.3 is 10.6 Å². The number of nitrogens with one attached hydrogen (secondary N) is 2. The molecule has 3 nitrogen and oxygen atoms in total. The minimum atomic E-state index is -0.138. The third kappa shape index (κ3) is 6.89. The van der Waals surface area contributed by atoms with Gasteiger partial charge in [-0.1, -0.05) is 59.7 Å². The van der Waals surface area contributed by atoms with Gasteiger partial charge in [0.15, 0.2) is 0 Å². The topological polar surface area (TPSA) is 41.1 Å². The second-order valence-corrected chi connectivity index (χ2v) is 9.06. The number of urea groups is 1. The summed E-state index contributed by atoms with van der Waals surface area (Å²) < 4.78 is 0.233. The Kier molecular flexibility index (Phi) is 6.14. The van der Waals surface area contributed by atoms with Crippen LogP contribution in [0.4, 0.5) is 10.5 Å². The van der Waals surface area contributed by atoms with Crippen LogP contribution in [0.25, 0.3) is 0 Å². The molecule has 0 fully saturated rings. The van der Waals surface area contributed by atoms with Gasteiger partial charge in [0.05, 0.1) is 0 Å². The zero-order valence-electron chi connectivity index (χ0n) is 14.0. The lowest BCUT2D eigenvalue weighted by Crippen LogP contribution is -2.32. The molecule has 21 heavy (non-hydrogen) atoms. The molecule has 0 aliphatic rings. The zero-order chi connectivity index (χ0) is 16.1. The number of hydrogen-bond donors (Lipinski definition) is 2. The van der Waals surface area contributed by atoms with Gasteiger partial charge in [0.25, 0.3) is 0 Å². The molecule has 0 aliphatic heterocycles. The fraction of sp³-hybridized carbons (Fsp3) is 0.588. The molecule has 0 saturated heterocycles. The van der Waals surface area contributed by atoms with Crippen molar-refractivity contribution < 1.29 is 4.79 Å². The zero-order valence-corrected chi connectivity index (χ0v) is 14.9. The van der Waals surface area contributed by atoms with Crippen molar-refractivity contribution in [2.45, 2.75) is 51.7 Å². The molecule has 0 radical (unpaired) electrons. The number of rotatable bonds is 4. The van der Waals surface area contributed by atoms with E-state index in [1.807, 2.05) is 30.0 Å². The van der Waals surface area contributed by atoms with E-state index in [1.54, 1.807) is 0 Å². The van der Waals surface area contributed by atoms with Crippen molar-refractivity contribution in [2.24, 2.45) is 0 Å². The van der Waals surface area contributed by atoms with E-state index in [4.69, 9.17) is 0 Å².